The average Bonchev–Trinajstić information content (AvgIpc) is 3.31. The SMILES string of the molecule is COc1cc(C(F)(F)F)cc(C(F)(F)F)c1C(=O)NC(c1ccccc1)C(C)(C)N1CCCC1.Cl. The first-order valence-corrected chi connectivity index (χ1v) is 10.7. The van der Waals surface area contributed by atoms with E-state index in [4.69, 9.17) is 4.74 Å². The fraction of sp³-hybridized carbons (Fsp3) is 0.458. The van der Waals surface area contributed by atoms with Gasteiger partial charge in [-0.1, -0.05) is 30.3 Å². The Hall–Kier alpha value is -2.46. The highest BCUT2D eigenvalue weighted by Crippen LogP contribution is 2.42. The molecule has 1 aliphatic heterocycles. The fourth-order valence-corrected chi connectivity index (χ4v) is 4.39. The molecule has 0 aliphatic carbocycles. The Kier molecular flexibility index (Phi) is 8.76. The van der Waals surface area contributed by atoms with Crippen LogP contribution in [0.4, 0.5) is 26.3 Å². The van der Waals surface area contributed by atoms with E-state index in [9.17, 15) is 31.1 Å². The van der Waals surface area contributed by atoms with Crippen molar-refractivity contribution in [3.63, 3.8) is 0 Å². The predicted octanol–water partition coefficient (Wildman–Crippen LogP) is 6.50. The smallest absolute Gasteiger partial charge is 0.417 e. The summed E-state index contributed by atoms with van der Waals surface area (Å²) in [5.74, 6) is -1.97. The van der Waals surface area contributed by atoms with E-state index in [1.54, 1.807) is 30.3 Å². The molecule has 0 bridgehead atoms. The van der Waals surface area contributed by atoms with Crippen LogP contribution in [0.25, 0.3) is 0 Å². The van der Waals surface area contributed by atoms with Gasteiger partial charge in [0.25, 0.3) is 5.91 Å². The van der Waals surface area contributed by atoms with Crippen LogP contribution in [0.5, 0.6) is 5.75 Å². The number of methoxy groups -OCH3 is 1. The lowest BCUT2D eigenvalue weighted by molar-refractivity contribution is -0.143. The zero-order valence-electron chi connectivity index (χ0n) is 19.4. The zero-order valence-corrected chi connectivity index (χ0v) is 20.2. The molecule has 1 unspecified atom stereocenters. The molecule has 0 aromatic heterocycles. The Labute approximate surface area is 206 Å². The molecule has 1 heterocycles. The molecule has 1 amide bonds. The summed E-state index contributed by atoms with van der Waals surface area (Å²) in [6.07, 6.45) is -8.37. The van der Waals surface area contributed by atoms with Crippen LogP contribution in [0.3, 0.4) is 0 Å². The van der Waals surface area contributed by atoms with Gasteiger partial charge >= 0.3 is 12.4 Å². The predicted molar refractivity (Wildman–Crippen MR) is 122 cm³/mol. The highest BCUT2D eigenvalue weighted by atomic mass is 35.5. The molecule has 0 saturated carbocycles. The normalized spacial score (nSPS) is 15.9. The van der Waals surface area contributed by atoms with E-state index in [0.717, 1.165) is 33.0 Å². The van der Waals surface area contributed by atoms with Gasteiger partial charge in [0.2, 0.25) is 0 Å². The Morgan fingerprint density at radius 3 is 2.03 bits per heavy atom. The maximum atomic E-state index is 13.8. The van der Waals surface area contributed by atoms with Crippen LogP contribution in [0.15, 0.2) is 42.5 Å². The second kappa shape index (κ2) is 10.7. The molecule has 1 fully saturated rings. The van der Waals surface area contributed by atoms with Gasteiger partial charge in [-0.3, -0.25) is 9.69 Å². The standard InChI is InChI=1S/C24H26F6N2O2.ClH/c1-22(2,32-11-7-8-12-32)20(15-9-5-4-6-10-15)31-21(33)19-17(24(28,29)30)13-16(23(25,26)27)14-18(19)34-3;/h4-6,9-10,13-14,20H,7-8,11-12H2,1-3H3,(H,31,33);1H. The van der Waals surface area contributed by atoms with Crippen molar-refractivity contribution in [2.75, 3.05) is 20.2 Å². The van der Waals surface area contributed by atoms with Gasteiger partial charge < -0.3 is 10.1 Å². The quantitative estimate of drug-likeness (QED) is 0.439. The van der Waals surface area contributed by atoms with E-state index >= 15 is 0 Å². The molecule has 35 heavy (non-hydrogen) atoms. The zero-order chi connectivity index (χ0) is 25.3. The van der Waals surface area contributed by atoms with Gasteiger partial charge in [0.1, 0.15) is 5.75 Å². The van der Waals surface area contributed by atoms with Crippen LogP contribution in [-0.2, 0) is 12.4 Å². The number of amides is 1. The molecule has 0 spiro atoms. The molecule has 1 aliphatic rings. The van der Waals surface area contributed by atoms with E-state index in [0.29, 0.717) is 11.6 Å². The van der Waals surface area contributed by atoms with Gasteiger partial charge in [-0.2, -0.15) is 26.3 Å². The molecule has 0 radical (unpaired) electrons. The lowest BCUT2D eigenvalue weighted by Gasteiger charge is -2.42. The number of halogens is 7. The van der Waals surface area contributed by atoms with Gasteiger partial charge in [-0.15, -0.1) is 12.4 Å². The topological polar surface area (TPSA) is 41.6 Å². The minimum Gasteiger partial charge on any atom is -0.496 e. The van der Waals surface area contributed by atoms with Crippen LogP contribution in [0.2, 0.25) is 0 Å². The van der Waals surface area contributed by atoms with Crippen molar-refractivity contribution in [2.45, 2.75) is 50.6 Å². The first-order chi connectivity index (χ1) is 15.8. The molecular formula is C24H27ClF6N2O2. The maximum Gasteiger partial charge on any atom is 0.417 e. The summed E-state index contributed by atoms with van der Waals surface area (Å²) < 4.78 is 86.0. The number of carbonyl (C=O) groups excluding carboxylic acids is 1. The van der Waals surface area contributed by atoms with Gasteiger partial charge in [-0.05, 0) is 57.5 Å². The van der Waals surface area contributed by atoms with Crippen molar-refractivity contribution in [2.24, 2.45) is 0 Å². The molecule has 3 rings (SSSR count). The van der Waals surface area contributed by atoms with Crippen LogP contribution in [0, 0.1) is 0 Å². The van der Waals surface area contributed by atoms with Crippen molar-refractivity contribution in [1.29, 1.82) is 0 Å². The first-order valence-electron chi connectivity index (χ1n) is 10.7. The minimum atomic E-state index is -5.21. The summed E-state index contributed by atoms with van der Waals surface area (Å²) in [6, 6.07) is 8.37. The van der Waals surface area contributed by atoms with Crippen molar-refractivity contribution in [3.05, 3.63) is 64.7 Å². The molecule has 4 nitrogen and oxygen atoms in total. The number of hydrogen-bond donors (Lipinski definition) is 1. The summed E-state index contributed by atoms with van der Waals surface area (Å²) >= 11 is 0. The number of likely N-dealkylation sites (tertiary alicyclic amines) is 1. The number of rotatable bonds is 6. The Balaban J connectivity index is 0.00000432. The molecule has 2 aromatic carbocycles. The highest BCUT2D eigenvalue weighted by Gasteiger charge is 2.44. The number of benzene rings is 2. The number of alkyl halides is 6. The van der Waals surface area contributed by atoms with Gasteiger partial charge in [0.05, 0.1) is 29.8 Å². The van der Waals surface area contributed by atoms with E-state index in [2.05, 4.69) is 10.2 Å². The second-order valence-corrected chi connectivity index (χ2v) is 8.76. The summed E-state index contributed by atoms with van der Waals surface area (Å²) in [5.41, 5.74) is -4.27. The molecule has 1 N–H and O–H groups in total. The third kappa shape index (κ3) is 6.22. The van der Waals surface area contributed by atoms with Crippen molar-refractivity contribution in [3.8, 4) is 5.75 Å². The Bertz CT molecular complexity index is 1020. The Morgan fingerprint density at radius 2 is 1.54 bits per heavy atom. The number of carbonyl (C=O) groups is 1. The highest BCUT2D eigenvalue weighted by molar-refractivity contribution is 5.99. The summed E-state index contributed by atoms with van der Waals surface area (Å²) in [6.45, 7) is 5.27. The third-order valence-corrected chi connectivity index (χ3v) is 6.22. The molecule has 2 aromatic rings. The third-order valence-electron chi connectivity index (χ3n) is 6.22. The molecule has 194 valence electrons. The number of ether oxygens (including phenoxy) is 1. The van der Waals surface area contributed by atoms with Gasteiger partial charge in [0.15, 0.2) is 0 Å². The monoisotopic (exact) mass is 524 g/mol. The average molecular weight is 525 g/mol. The molecule has 1 saturated heterocycles. The van der Waals surface area contributed by atoms with Crippen molar-refractivity contribution in [1.82, 2.24) is 10.2 Å². The van der Waals surface area contributed by atoms with Crippen LogP contribution in [-0.4, -0.2) is 36.5 Å². The van der Waals surface area contributed by atoms with Crippen LogP contribution in [0.1, 0.15) is 59.8 Å². The van der Waals surface area contributed by atoms with Gasteiger partial charge in [-0.25, -0.2) is 0 Å². The second-order valence-electron chi connectivity index (χ2n) is 8.76. The molecule has 1 atom stereocenters. The molecular weight excluding hydrogens is 498 g/mol. The number of hydrogen-bond acceptors (Lipinski definition) is 3. The lowest BCUT2D eigenvalue weighted by Crippen LogP contribution is -2.53. The lowest BCUT2D eigenvalue weighted by atomic mass is 9.86. The van der Waals surface area contributed by atoms with Crippen molar-refractivity contribution < 1.29 is 35.9 Å². The van der Waals surface area contributed by atoms with Gasteiger partial charge in [0, 0.05) is 5.54 Å². The number of nitrogens with zero attached hydrogens (tertiary/aromatic N) is 1. The van der Waals surface area contributed by atoms with E-state index in [1.165, 1.54) is 0 Å². The summed E-state index contributed by atoms with van der Waals surface area (Å²) in [7, 11) is 0.926. The van der Waals surface area contributed by atoms with E-state index in [1.807, 2.05) is 13.8 Å². The van der Waals surface area contributed by atoms with E-state index < -0.39 is 52.3 Å². The van der Waals surface area contributed by atoms with Crippen LogP contribution >= 0.6 is 12.4 Å². The largest absolute Gasteiger partial charge is 0.496 e. The Morgan fingerprint density at radius 1 is 0.971 bits per heavy atom. The summed E-state index contributed by atoms with van der Waals surface area (Å²) in [4.78, 5) is 15.4. The number of nitrogens with one attached hydrogen (secondary N) is 1. The molecule has 11 heteroatoms. The van der Waals surface area contributed by atoms with Crippen LogP contribution < -0.4 is 10.1 Å². The van der Waals surface area contributed by atoms with E-state index in [-0.39, 0.29) is 18.5 Å². The minimum absolute atomic E-state index is 0. The fourth-order valence-electron chi connectivity index (χ4n) is 4.39. The maximum absolute atomic E-state index is 13.8. The van der Waals surface area contributed by atoms with Crippen molar-refractivity contribution >= 4 is 18.3 Å². The summed E-state index contributed by atoms with van der Waals surface area (Å²) in [5, 5.41) is 2.67. The first kappa shape index (κ1) is 28.8.